The Morgan fingerprint density at radius 1 is 1.04 bits per heavy atom. The number of carbonyl (C=O) groups excluding carboxylic acids is 1. The molecular formula is C20H22O4. The van der Waals surface area contributed by atoms with Crippen LogP contribution in [0.5, 0.6) is 11.5 Å². The topological polar surface area (TPSA) is 44.8 Å². The third-order valence-electron chi connectivity index (χ3n) is 4.24. The number of carbonyl (C=O) groups is 1. The molecule has 2 aromatic rings. The van der Waals surface area contributed by atoms with Gasteiger partial charge in [-0.25, -0.2) is 0 Å². The molecule has 2 aromatic carbocycles. The number of benzene rings is 2. The zero-order valence-corrected chi connectivity index (χ0v) is 14.1. The van der Waals surface area contributed by atoms with E-state index in [-0.39, 0.29) is 12.8 Å². The molecule has 1 heterocycles. The van der Waals surface area contributed by atoms with Gasteiger partial charge in [0.1, 0.15) is 6.61 Å². The maximum atomic E-state index is 12.4. The number of hydrogen-bond donors (Lipinski definition) is 0. The Labute approximate surface area is 142 Å². The second-order valence-corrected chi connectivity index (χ2v) is 6.63. The van der Waals surface area contributed by atoms with Crippen LogP contribution in [0.4, 0.5) is 0 Å². The summed E-state index contributed by atoms with van der Waals surface area (Å²) in [6.45, 7) is 4.43. The van der Waals surface area contributed by atoms with Crippen molar-refractivity contribution in [2.45, 2.75) is 33.3 Å². The molecule has 0 aromatic heterocycles. The van der Waals surface area contributed by atoms with E-state index in [9.17, 15) is 4.79 Å². The number of ether oxygens (including phenoxy) is 3. The zero-order chi connectivity index (χ0) is 17.0. The van der Waals surface area contributed by atoms with Gasteiger partial charge < -0.3 is 14.2 Å². The standard InChI is InChI=1S/C20H22O4/c1-20(2,19(21)22-13-16-6-4-3-5-7-16)11-10-15-8-9-17-18(12-15)24-14-23-17/h3-9,12H,10-11,13-14H2,1-2H3. The van der Waals surface area contributed by atoms with Crippen LogP contribution in [-0.2, 0) is 22.6 Å². The first-order chi connectivity index (χ1) is 11.5. The predicted molar refractivity (Wildman–Crippen MR) is 90.9 cm³/mol. The maximum absolute atomic E-state index is 12.4. The molecule has 0 saturated heterocycles. The highest BCUT2D eigenvalue weighted by Crippen LogP contribution is 2.34. The van der Waals surface area contributed by atoms with Crippen LogP contribution in [0.25, 0.3) is 0 Å². The summed E-state index contributed by atoms with van der Waals surface area (Å²) in [5.74, 6) is 1.38. The molecule has 0 spiro atoms. The largest absolute Gasteiger partial charge is 0.460 e. The molecule has 1 aliphatic rings. The summed E-state index contributed by atoms with van der Waals surface area (Å²) in [7, 11) is 0. The van der Waals surface area contributed by atoms with E-state index in [0.717, 1.165) is 29.0 Å². The Hall–Kier alpha value is -2.49. The molecule has 0 radical (unpaired) electrons. The first-order valence-electron chi connectivity index (χ1n) is 8.14. The van der Waals surface area contributed by atoms with Crippen molar-refractivity contribution in [2.75, 3.05) is 6.79 Å². The highest BCUT2D eigenvalue weighted by Gasteiger charge is 2.29. The van der Waals surface area contributed by atoms with Crippen LogP contribution in [-0.4, -0.2) is 12.8 Å². The third-order valence-corrected chi connectivity index (χ3v) is 4.24. The minimum absolute atomic E-state index is 0.174. The van der Waals surface area contributed by atoms with E-state index in [1.807, 2.05) is 62.4 Å². The molecule has 0 aliphatic carbocycles. The summed E-state index contributed by atoms with van der Waals surface area (Å²) in [5.41, 5.74) is 1.59. The Bertz CT molecular complexity index is 707. The molecule has 1 aliphatic heterocycles. The monoisotopic (exact) mass is 326 g/mol. The van der Waals surface area contributed by atoms with Gasteiger partial charge in [-0.3, -0.25) is 4.79 Å². The van der Waals surface area contributed by atoms with E-state index in [2.05, 4.69) is 0 Å². The van der Waals surface area contributed by atoms with Gasteiger partial charge in [-0.15, -0.1) is 0 Å². The van der Waals surface area contributed by atoms with Gasteiger partial charge in [0.2, 0.25) is 6.79 Å². The van der Waals surface area contributed by atoms with E-state index in [1.165, 1.54) is 0 Å². The van der Waals surface area contributed by atoms with Crippen molar-refractivity contribution in [1.29, 1.82) is 0 Å². The summed E-state index contributed by atoms with van der Waals surface area (Å²) in [5, 5.41) is 0. The van der Waals surface area contributed by atoms with Gasteiger partial charge in [0.05, 0.1) is 5.41 Å². The van der Waals surface area contributed by atoms with Gasteiger partial charge in [-0.1, -0.05) is 36.4 Å². The molecule has 24 heavy (non-hydrogen) atoms. The fourth-order valence-corrected chi connectivity index (χ4v) is 2.57. The molecule has 0 N–H and O–H groups in total. The van der Waals surface area contributed by atoms with Crippen LogP contribution in [0, 0.1) is 5.41 Å². The van der Waals surface area contributed by atoms with Crippen LogP contribution in [0.1, 0.15) is 31.4 Å². The van der Waals surface area contributed by atoms with Gasteiger partial charge in [-0.2, -0.15) is 0 Å². The lowest BCUT2D eigenvalue weighted by atomic mass is 9.86. The molecule has 0 atom stereocenters. The molecule has 0 fully saturated rings. The summed E-state index contributed by atoms with van der Waals surface area (Å²) >= 11 is 0. The number of esters is 1. The van der Waals surface area contributed by atoms with E-state index in [0.29, 0.717) is 13.0 Å². The van der Waals surface area contributed by atoms with Crippen molar-refractivity contribution in [2.24, 2.45) is 5.41 Å². The van der Waals surface area contributed by atoms with Gasteiger partial charge >= 0.3 is 5.97 Å². The van der Waals surface area contributed by atoms with E-state index >= 15 is 0 Å². The summed E-state index contributed by atoms with van der Waals surface area (Å²) < 4.78 is 16.2. The van der Waals surface area contributed by atoms with Crippen molar-refractivity contribution < 1.29 is 19.0 Å². The van der Waals surface area contributed by atoms with Gasteiger partial charge in [0.15, 0.2) is 11.5 Å². The predicted octanol–water partition coefficient (Wildman–Crippen LogP) is 4.12. The van der Waals surface area contributed by atoms with E-state index in [4.69, 9.17) is 14.2 Å². The highest BCUT2D eigenvalue weighted by molar-refractivity contribution is 5.75. The molecule has 4 nitrogen and oxygen atoms in total. The summed E-state index contributed by atoms with van der Waals surface area (Å²) in [4.78, 5) is 12.4. The van der Waals surface area contributed by atoms with Crippen LogP contribution < -0.4 is 9.47 Å². The van der Waals surface area contributed by atoms with Crippen molar-refractivity contribution >= 4 is 5.97 Å². The molecule has 3 rings (SSSR count). The maximum Gasteiger partial charge on any atom is 0.311 e. The van der Waals surface area contributed by atoms with Gasteiger partial charge in [0.25, 0.3) is 0 Å². The van der Waals surface area contributed by atoms with Crippen molar-refractivity contribution in [3.05, 3.63) is 59.7 Å². The van der Waals surface area contributed by atoms with Crippen LogP contribution >= 0.6 is 0 Å². The van der Waals surface area contributed by atoms with E-state index < -0.39 is 5.41 Å². The van der Waals surface area contributed by atoms with Crippen molar-refractivity contribution in [3.63, 3.8) is 0 Å². The SMILES string of the molecule is CC(C)(CCc1ccc2c(c1)OCO2)C(=O)OCc1ccccc1. The molecule has 0 unspecified atom stereocenters. The Balaban J connectivity index is 1.54. The fourth-order valence-electron chi connectivity index (χ4n) is 2.57. The smallest absolute Gasteiger partial charge is 0.311 e. The molecular weight excluding hydrogens is 304 g/mol. The summed E-state index contributed by atoms with van der Waals surface area (Å²) in [6, 6.07) is 15.6. The lowest BCUT2D eigenvalue weighted by Crippen LogP contribution is -2.27. The Morgan fingerprint density at radius 3 is 2.58 bits per heavy atom. The lowest BCUT2D eigenvalue weighted by Gasteiger charge is -2.22. The molecule has 4 heteroatoms. The van der Waals surface area contributed by atoms with Gasteiger partial charge in [-0.05, 0) is 49.9 Å². The van der Waals surface area contributed by atoms with Gasteiger partial charge in [0, 0.05) is 0 Å². The normalized spacial score (nSPS) is 12.9. The number of hydrogen-bond acceptors (Lipinski definition) is 4. The molecule has 126 valence electrons. The first-order valence-corrected chi connectivity index (χ1v) is 8.14. The lowest BCUT2D eigenvalue weighted by molar-refractivity contribution is -0.155. The molecule has 0 amide bonds. The van der Waals surface area contributed by atoms with Crippen molar-refractivity contribution in [3.8, 4) is 11.5 Å². The van der Waals surface area contributed by atoms with Crippen LogP contribution in [0.3, 0.4) is 0 Å². The molecule has 0 saturated carbocycles. The number of rotatable bonds is 6. The van der Waals surface area contributed by atoms with Crippen molar-refractivity contribution in [1.82, 2.24) is 0 Å². The zero-order valence-electron chi connectivity index (χ0n) is 14.1. The van der Waals surface area contributed by atoms with Crippen LogP contribution in [0.2, 0.25) is 0 Å². The average molecular weight is 326 g/mol. The second-order valence-electron chi connectivity index (χ2n) is 6.63. The van der Waals surface area contributed by atoms with E-state index in [1.54, 1.807) is 0 Å². The van der Waals surface area contributed by atoms with Crippen LogP contribution in [0.15, 0.2) is 48.5 Å². The first kappa shape index (κ1) is 16.4. The molecule has 0 bridgehead atoms. The minimum atomic E-state index is -0.537. The quantitative estimate of drug-likeness (QED) is 0.749. The Morgan fingerprint density at radius 2 is 1.79 bits per heavy atom. The number of fused-ring (bicyclic) bond motifs is 1. The minimum Gasteiger partial charge on any atom is -0.460 e. The number of aryl methyl sites for hydroxylation is 1. The average Bonchev–Trinajstić information content (AvgIpc) is 3.06. The second kappa shape index (κ2) is 6.95. The summed E-state index contributed by atoms with van der Waals surface area (Å²) in [6.07, 6.45) is 1.49. The fraction of sp³-hybridized carbons (Fsp3) is 0.350. The third kappa shape index (κ3) is 3.88. The Kier molecular flexibility index (Phi) is 4.74. The highest BCUT2D eigenvalue weighted by atomic mass is 16.7.